The number of ether oxygens (including phenoxy) is 6. The molecule has 0 saturated carbocycles. The zero-order valence-electron chi connectivity index (χ0n) is 62.8. The van der Waals surface area contributed by atoms with E-state index < -0.39 is 18.2 Å². The summed E-state index contributed by atoms with van der Waals surface area (Å²) in [5, 5.41) is 0. The number of hydrogen-bond acceptors (Lipinski definition) is 10. The maximum absolute atomic E-state index is 14.0. The fourth-order valence-corrected chi connectivity index (χ4v) is 12.3. The summed E-state index contributed by atoms with van der Waals surface area (Å²) in [4.78, 5) is 55.0. The van der Waals surface area contributed by atoms with Gasteiger partial charge in [-0.1, -0.05) is 273 Å². The van der Waals surface area contributed by atoms with Gasteiger partial charge < -0.3 is 28.4 Å². The molecule has 0 saturated heterocycles. The lowest BCUT2D eigenvalue weighted by molar-refractivity contribution is -0.155. The minimum Gasteiger partial charge on any atom is -0.493 e. The summed E-state index contributed by atoms with van der Waals surface area (Å²) in [5.74, 6) is -0.0933. The van der Waals surface area contributed by atoms with Gasteiger partial charge in [0.15, 0.2) is 17.6 Å². The minimum atomic E-state index is -0.874. The molecule has 0 amide bonds. The molecule has 10 heteroatoms. The van der Waals surface area contributed by atoms with Crippen LogP contribution in [0.1, 0.15) is 366 Å². The molecular formula is C88H138O10. The largest absolute Gasteiger partial charge is 0.493 e. The Balaban J connectivity index is 1.76. The van der Waals surface area contributed by atoms with Crippen molar-refractivity contribution in [3.05, 3.63) is 127 Å². The van der Waals surface area contributed by atoms with Crippen LogP contribution in [0.2, 0.25) is 0 Å². The molecule has 0 aliphatic carbocycles. The molecule has 0 fully saturated rings. The molecule has 3 rings (SSSR count). The number of carbonyl (C=O) groups excluding carboxylic acids is 4. The molecule has 0 bridgehead atoms. The summed E-state index contributed by atoms with van der Waals surface area (Å²) in [6.45, 7) is 8.90. The lowest BCUT2D eigenvalue weighted by atomic mass is 9.93. The van der Waals surface area contributed by atoms with Crippen molar-refractivity contribution in [1.29, 1.82) is 0 Å². The van der Waals surface area contributed by atoms with E-state index in [0.29, 0.717) is 48.3 Å². The first-order valence-electron chi connectivity index (χ1n) is 40.1. The third-order valence-corrected chi connectivity index (χ3v) is 18.3. The van der Waals surface area contributed by atoms with Crippen molar-refractivity contribution in [2.45, 2.75) is 367 Å². The van der Waals surface area contributed by atoms with E-state index in [1.165, 1.54) is 116 Å². The Hall–Kier alpha value is -5.90. The van der Waals surface area contributed by atoms with Crippen LogP contribution >= 0.6 is 0 Å². The van der Waals surface area contributed by atoms with Crippen LogP contribution in [0.4, 0.5) is 0 Å². The van der Waals surface area contributed by atoms with Gasteiger partial charge >= 0.3 is 23.9 Å². The van der Waals surface area contributed by atoms with Crippen LogP contribution in [0, 0.1) is 0 Å². The van der Waals surface area contributed by atoms with Crippen LogP contribution in [-0.2, 0) is 30.3 Å². The quantitative estimate of drug-likeness (QED) is 0.0274. The number of methoxy groups -OCH3 is 1. The summed E-state index contributed by atoms with van der Waals surface area (Å²) in [6, 6.07) is 8.59. The van der Waals surface area contributed by atoms with Gasteiger partial charge in [-0.15, -0.1) is 0 Å². The zero-order chi connectivity index (χ0) is 70.2. The molecule has 0 N–H and O–H groups in total. The number of esters is 4. The molecule has 1 unspecified atom stereocenters. The first kappa shape index (κ1) is 86.3. The summed E-state index contributed by atoms with van der Waals surface area (Å²) < 4.78 is 37.4. The zero-order valence-corrected chi connectivity index (χ0v) is 62.8. The molecule has 98 heavy (non-hydrogen) atoms. The highest BCUT2D eigenvalue weighted by atomic mass is 16.6. The van der Waals surface area contributed by atoms with E-state index in [1.54, 1.807) is 24.3 Å². The van der Waals surface area contributed by atoms with Crippen LogP contribution in [0.3, 0.4) is 0 Å². The Morgan fingerprint density at radius 3 is 1.14 bits per heavy atom. The Labute approximate surface area is 598 Å². The van der Waals surface area contributed by atoms with Crippen LogP contribution in [0.5, 0.6) is 28.7 Å². The molecule has 2 atom stereocenters. The second-order valence-electron chi connectivity index (χ2n) is 27.3. The van der Waals surface area contributed by atoms with Gasteiger partial charge in [0, 0.05) is 55.4 Å². The van der Waals surface area contributed by atoms with E-state index in [2.05, 4.69) is 113 Å². The third kappa shape index (κ3) is 45.7. The Bertz CT molecular complexity index is 2560. The van der Waals surface area contributed by atoms with Crippen molar-refractivity contribution >= 4 is 23.9 Å². The van der Waals surface area contributed by atoms with Gasteiger partial charge in [-0.2, -0.15) is 0 Å². The molecule has 10 nitrogen and oxygen atoms in total. The summed E-state index contributed by atoms with van der Waals surface area (Å²) in [7, 11) is 1.54. The molecule has 1 aliphatic rings. The summed E-state index contributed by atoms with van der Waals surface area (Å²) >= 11 is 0. The van der Waals surface area contributed by atoms with E-state index in [0.717, 1.165) is 161 Å². The van der Waals surface area contributed by atoms with Crippen molar-refractivity contribution < 1.29 is 47.6 Å². The number of allylic oxidation sites excluding steroid dienone is 14. The van der Waals surface area contributed by atoms with E-state index >= 15 is 0 Å². The Morgan fingerprint density at radius 2 is 0.714 bits per heavy atom. The molecule has 2 aromatic rings. The third-order valence-electron chi connectivity index (χ3n) is 18.3. The topological polar surface area (TPSA) is 124 Å². The van der Waals surface area contributed by atoms with Crippen molar-refractivity contribution in [2.24, 2.45) is 0 Å². The molecule has 2 aromatic carbocycles. The number of carbonyl (C=O) groups is 4. The van der Waals surface area contributed by atoms with Crippen LogP contribution in [-0.4, -0.2) is 37.1 Å². The normalized spacial score (nSPS) is 14.1. The number of unbranched alkanes of at least 4 members (excludes halogenated alkanes) is 35. The van der Waals surface area contributed by atoms with Crippen molar-refractivity contribution in [3.8, 4) is 28.7 Å². The van der Waals surface area contributed by atoms with Gasteiger partial charge in [-0.05, 0) is 153 Å². The SMILES string of the molecule is CC/C=C\C/C=C\C/C=C\CCCCCCCC(=O)Oc1cc(OC(=O)CCCCCCC/C=C\CCCCCCCC)cc2c1C[C@@H](OC(=O)CCCCCCC/C=C\CCCCCCCC)C(c1ccc(OC)c(OC(=O)CCCCCCC/C=C\C/C=C\CCCCC)c1)O2. The maximum atomic E-state index is 14.0. The Morgan fingerprint density at radius 1 is 0.367 bits per heavy atom. The van der Waals surface area contributed by atoms with Gasteiger partial charge in [-0.3, -0.25) is 19.2 Å². The van der Waals surface area contributed by atoms with Gasteiger partial charge in [0.2, 0.25) is 0 Å². The van der Waals surface area contributed by atoms with Gasteiger partial charge in [0.25, 0.3) is 0 Å². The van der Waals surface area contributed by atoms with E-state index in [4.69, 9.17) is 28.4 Å². The maximum Gasteiger partial charge on any atom is 0.311 e. The second kappa shape index (κ2) is 62.1. The highest BCUT2D eigenvalue weighted by Gasteiger charge is 2.38. The second-order valence-corrected chi connectivity index (χ2v) is 27.3. The first-order chi connectivity index (χ1) is 48.2. The lowest BCUT2D eigenvalue weighted by Gasteiger charge is -2.34. The standard InChI is InChI=1S/C88H138O10/c1-6-10-14-18-22-26-30-34-38-42-46-50-54-58-62-66-84(89)94-77-73-80(95-85(90)67-63-59-55-51-47-43-39-35-31-27-23-19-15-11-7-2)78-75-83(97-87(92)69-65-61-57-53-49-45-41-37-33-29-25-21-17-13-9-4)88(98-81(78)74-77)76-70-71-79(93-5)82(72-76)96-86(91)68-64-60-56-52-48-44-40-36-32-28-24-20-16-12-8-3/h11,15,23-24,27-28,34-41,70-74,83,88H,6-10,12-14,16-22,25-26,29-33,42-69,75H2,1-5H3/b15-11-,27-23-,28-24-,38-34-,39-35-,40-36-,41-37-/t83-,88?/m1/s1. The smallest absolute Gasteiger partial charge is 0.311 e. The van der Waals surface area contributed by atoms with Crippen molar-refractivity contribution in [1.82, 2.24) is 0 Å². The van der Waals surface area contributed by atoms with Gasteiger partial charge in [0.1, 0.15) is 23.4 Å². The highest BCUT2D eigenvalue weighted by molar-refractivity contribution is 5.76. The van der Waals surface area contributed by atoms with Crippen molar-refractivity contribution in [3.63, 3.8) is 0 Å². The van der Waals surface area contributed by atoms with Crippen LogP contribution < -0.4 is 23.7 Å². The van der Waals surface area contributed by atoms with Gasteiger partial charge in [0.05, 0.1) is 7.11 Å². The predicted octanol–water partition coefficient (Wildman–Crippen LogP) is 26.5. The molecule has 0 aromatic heterocycles. The molecule has 0 radical (unpaired) electrons. The number of benzene rings is 2. The fourth-order valence-electron chi connectivity index (χ4n) is 12.3. The van der Waals surface area contributed by atoms with Gasteiger partial charge in [-0.25, -0.2) is 0 Å². The molecule has 550 valence electrons. The summed E-state index contributed by atoms with van der Waals surface area (Å²) in [6.07, 6.45) is 82.0. The average Bonchev–Trinajstić information content (AvgIpc) is 0.772. The monoisotopic (exact) mass is 1360 g/mol. The number of fused-ring (bicyclic) bond motifs is 1. The van der Waals surface area contributed by atoms with Crippen LogP contribution in [0.25, 0.3) is 0 Å². The molecule has 1 aliphatic heterocycles. The molecular weight excluding hydrogens is 1220 g/mol. The predicted molar refractivity (Wildman–Crippen MR) is 411 cm³/mol. The fraction of sp³-hybridized carbons (Fsp3) is 0.659. The van der Waals surface area contributed by atoms with E-state index in [9.17, 15) is 19.2 Å². The minimum absolute atomic E-state index is 0.152. The molecule has 0 spiro atoms. The van der Waals surface area contributed by atoms with Crippen molar-refractivity contribution in [2.75, 3.05) is 7.11 Å². The first-order valence-corrected chi connectivity index (χ1v) is 40.1. The molecule has 1 heterocycles. The van der Waals surface area contributed by atoms with E-state index in [1.807, 2.05) is 6.07 Å². The highest BCUT2D eigenvalue weighted by Crippen LogP contribution is 2.45. The Kier molecular flexibility index (Phi) is 54.7. The average molecular weight is 1360 g/mol. The van der Waals surface area contributed by atoms with E-state index in [-0.39, 0.29) is 67.3 Å². The summed E-state index contributed by atoms with van der Waals surface area (Å²) in [5.41, 5.74) is 1.14. The lowest BCUT2D eigenvalue weighted by Crippen LogP contribution is -2.35. The number of hydrogen-bond donors (Lipinski definition) is 0. The van der Waals surface area contributed by atoms with Crippen LogP contribution in [0.15, 0.2) is 115 Å². The number of rotatable bonds is 63.